The van der Waals surface area contributed by atoms with Crippen molar-refractivity contribution in [3.63, 3.8) is 0 Å². The lowest BCUT2D eigenvalue weighted by molar-refractivity contribution is -0.274. The van der Waals surface area contributed by atoms with Gasteiger partial charge in [0.15, 0.2) is 11.4 Å². The van der Waals surface area contributed by atoms with Crippen LogP contribution in [0.3, 0.4) is 0 Å². The zero-order chi connectivity index (χ0) is 30.3. The van der Waals surface area contributed by atoms with Crippen LogP contribution in [0.2, 0.25) is 0 Å². The largest absolute Gasteiger partial charge is 0.573 e. The van der Waals surface area contributed by atoms with Gasteiger partial charge in [-0.2, -0.15) is 0 Å². The Labute approximate surface area is 232 Å². The summed E-state index contributed by atoms with van der Waals surface area (Å²) >= 11 is 0. The van der Waals surface area contributed by atoms with E-state index in [9.17, 15) is 35.9 Å². The second-order valence-corrected chi connectivity index (χ2v) is 8.71. The van der Waals surface area contributed by atoms with Crippen molar-refractivity contribution < 1.29 is 40.7 Å². The summed E-state index contributed by atoms with van der Waals surface area (Å²) in [7, 11) is 0. The predicted molar refractivity (Wildman–Crippen MR) is 129 cm³/mol. The number of ether oxygens (including phenoxy) is 1. The van der Waals surface area contributed by atoms with Crippen LogP contribution in [0.1, 0.15) is 38.7 Å². The van der Waals surface area contributed by atoms with Crippen molar-refractivity contribution in [2.24, 2.45) is 0 Å². The number of hydrogen-bond acceptors (Lipinski definition) is 8. The average Bonchev–Trinajstić information content (AvgIpc) is 3.65. The van der Waals surface area contributed by atoms with E-state index in [-0.39, 0.29) is 42.2 Å². The van der Waals surface area contributed by atoms with E-state index in [1.807, 2.05) is 0 Å². The molecule has 0 saturated heterocycles. The van der Waals surface area contributed by atoms with Crippen molar-refractivity contribution in [3.8, 4) is 5.75 Å². The highest BCUT2D eigenvalue weighted by Gasteiger charge is 2.31. The number of rotatable bonds is 12. The summed E-state index contributed by atoms with van der Waals surface area (Å²) in [5.74, 6) is -3.73. The maximum Gasteiger partial charge on any atom is 0.573 e. The summed E-state index contributed by atoms with van der Waals surface area (Å²) in [5, 5.41) is 19.1. The summed E-state index contributed by atoms with van der Waals surface area (Å²) < 4.78 is 85.3. The standard InChI is InChI=1S/C24H21F6N9O3/c25-15(11-38(23(41)19-10-33-36-34-19)12-20-18(27)2-1-6-31-20)5-7-39-13-21(35-37-39)22(40)32-9-14-8-16(3-4-17(14)26)42-24(28,29)30/h1-4,6,8,10,13,15H,5,7,9,11-12H2,(H,32,40)(H,33,34,36). The minimum absolute atomic E-state index is 0.0726. The third-order valence-electron chi connectivity index (χ3n) is 5.65. The average molecular weight is 597 g/mol. The topological polar surface area (TPSA) is 144 Å². The fraction of sp³-hybridized carbons (Fsp3) is 0.292. The Morgan fingerprint density at radius 1 is 1.12 bits per heavy atom. The number of nitrogens with one attached hydrogen (secondary N) is 2. The zero-order valence-electron chi connectivity index (χ0n) is 21.4. The number of benzene rings is 1. The summed E-state index contributed by atoms with van der Waals surface area (Å²) in [5.41, 5.74) is -0.673. The normalized spacial score (nSPS) is 12.1. The molecule has 0 aliphatic rings. The van der Waals surface area contributed by atoms with Gasteiger partial charge in [0, 0.05) is 24.8 Å². The number of carbonyl (C=O) groups excluding carboxylic acids is 2. The number of nitrogens with zero attached hydrogens (tertiary/aromatic N) is 7. The molecule has 0 radical (unpaired) electrons. The van der Waals surface area contributed by atoms with E-state index >= 15 is 0 Å². The van der Waals surface area contributed by atoms with Crippen LogP contribution in [0.4, 0.5) is 26.3 Å². The number of aromatic nitrogens is 7. The molecular weight excluding hydrogens is 576 g/mol. The summed E-state index contributed by atoms with van der Waals surface area (Å²) in [4.78, 5) is 30.1. The van der Waals surface area contributed by atoms with Gasteiger partial charge in [0.25, 0.3) is 11.8 Å². The van der Waals surface area contributed by atoms with Gasteiger partial charge in [-0.05, 0) is 36.8 Å². The first-order valence-corrected chi connectivity index (χ1v) is 12.1. The SMILES string of the molecule is O=C(NCc1cc(OC(F)(F)F)ccc1F)c1cn(CCC(F)CN(Cc2ncccc2F)C(=O)c2c[nH]nn2)nn1. The summed E-state index contributed by atoms with van der Waals surface area (Å²) in [6.45, 7) is -1.34. The lowest BCUT2D eigenvalue weighted by Crippen LogP contribution is -2.37. The summed E-state index contributed by atoms with van der Waals surface area (Å²) in [6.07, 6.45) is -3.06. The highest BCUT2D eigenvalue weighted by molar-refractivity contribution is 5.92. The van der Waals surface area contributed by atoms with E-state index in [4.69, 9.17) is 0 Å². The number of hydrogen-bond donors (Lipinski definition) is 2. The van der Waals surface area contributed by atoms with Crippen LogP contribution in [0.15, 0.2) is 48.9 Å². The van der Waals surface area contributed by atoms with E-state index < -0.39 is 54.8 Å². The van der Waals surface area contributed by atoms with Crippen LogP contribution in [-0.4, -0.2) is 71.2 Å². The molecule has 0 bridgehead atoms. The first kappa shape index (κ1) is 29.9. The van der Waals surface area contributed by atoms with Gasteiger partial charge in [0.1, 0.15) is 23.6 Å². The molecule has 4 rings (SSSR count). The molecule has 42 heavy (non-hydrogen) atoms. The molecule has 12 nitrogen and oxygen atoms in total. The molecule has 0 aliphatic carbocycles. The first-order valence-electron chi connectivity index (χ1n) is 12.1. The van der Waals surface area contributed by atoms with Crippen molar-refractivity contribution >= 4 is 11.8 Å². The Bertz CT molecular complexity index is 1510. The number of aromatic amines is 1. The molecule has 1 aromatic carbocycles. The van der Waals surface area contributed by atoms with Gasteiger partial charge >= 0.3 is 6.36 Å². The van der Waals surface area contributed by atoms with Crippen molar-refractivity contribution in [1.29, 1.82) is 0 Å². The third-order valence-corrected chi connectivity index (χ3v) is 5.65. The minimum Gasteiger partial charge on any atom is -0.406 e. The van der Waals surface area contributed by atoms with Gasteiger partial charge in [0.05, 0.1) is 31.2 Å². The second kappa shape index (κ2) is 13.1. The van der Waals surface area contributed by atoms with Crippen LogP contribution < -0.4 is 10.1 Å². The zero-order valence-corrected chi connectivity index (χ0v) is 21.4. The van der Waals surface area contributed by atoms with Crippen molar-refractivity contribution in [1.82, 2.24) is 45.6 Å². The highest BCUT2D eigenvalue weighted by Crippen LogP contribution is 2.24. The quantitative estimate of drug-likeness (QED) is 0.237. The van der Waals surface area contributed by atoms with Crippen molar-refractivity contribution in [3.05, 3.63) is 83.2 Å². The number of amides is 2. The van der Waals surface area contributed by atoms with Crippen molar-refractivity contribution in [2.45, 2.75) is 38.6 Å². The molecule has 18 heteroatoms. The van der Waals surface area contributed by atoms with Gasteiger partial charge < -0.3 is 15.0 Å². The number of carbonyl (C=O) groups is 2. The van der Waals surface area contributed by atoms with Crippen LogP contribution >= 0.6 is 0 Å². The van der Waals surface area contributed by atoms with Gasteiger partial charge in [-0.3, -0.25) is 24.4 Å². The molecule has 0 saturated carbocycles. The lowest BCUT2D eigenvalue weighted by atomic mass is 10.2. The third kappa shape index (κ3) is 8.24. The maximum absolute atomic E-state index is 15.0. The maximum atomic E-state index is 15.0. The number of aryl methyl sites for hydroxylation is 1. The molecule has 1 atom stereocenters. The summed E-state index contributed by atoms with van der Waals surface area (Å²) in [6, 6.07) is 4.87. The first-order chi connectivity index (χ1) is 20.0. The van der Waals surface area contributed by atoms with E-state index in [1.165, 1.54) is 24.7 Å². The fourth-order valence-electron chi connectivity index (χ4n) is 3.67. The molecule has 4 aromatic rings. The Hall–Kier alpha value is -5.03. The molecule has 1 unspecified atom stereocenters. The predicted octanol–water partition coefficient (Wildman–Crippen LogP) is 2.97. The molecular formula is C24H21F6N9O3. The van der Waals surface area contributed by atoms with Crippen molar-refractivity contribution in [2.75, 3.05) is 6.54 Å². The van der Waals surface area contributed by atoms with Gasteiger partial charge in [0.2, 0.25) is 0 Å². The Morgan fingerprint density at radius 3 is 2.64 bits per heavy atom. The minimum atomic E-state index is -4.97. The number of H-pyrrole nitrogens is 1. The van der Waals surface area contributed by atoms with E-state index in [0.29, 0.717) is 0 Å². The van der Waals surface area contributed by atoms with Gasteiger partial charge in [-0.15, -0.1) is 23.4 Å². The number of halogens is 6. The molecule has 0 spiro atoms. The van der Waals surface area contributed by atoms with Crippen LogP contribution in [0, 0.1) is 11.6 Å². The Balaban J connectivity index is 1.32. The molecule has 2 amide bonds. The molecule has 3 heterocycles. The van der Waals surface area contributed by atoms with Gasteiger partial charge in [-0.25, -0.2) is 13.2 Å². The second-order valence-electron chi connectivity index (χ2n) is 8.71. The van der Waals surface area contributed by atoms with Crippen LogP contribution in [0.25, 0.3) is 0 Å². The van der Waals surface area contributed by atoms with Crippen LogP contribution in [0.5, 0.6) is 5.75 Å². The smallest absolute Gasteiger partial charge is 0.406 e. The molecule has 2 N–H and O–H groups in total. The molecule has 3 aromatic heterocycles. The Morgan fingerprint density at radius 2 is 1.93 bits per heavy atom. The van der Waals surface area contributed by atoms with Gasteiger partial charge in [-0.1, -0.05) is 10.4 Å². The Kier molecular flexibility index (Phi) is 9.33. The highest BCUT2D eigenvalue weighted by atomic mass is 19.4. The van der Waals surface area contributed by atoms with E-state index in [2.05, 4.69) is 40.8 Å². The number of alkyl halides is 4. The van der Waals surface area contributed by atoms with E-state index in [1.54, 1.807) is 0 Å². The lowest BCUT2D eigenvalue weighted by Gasteiger charge is -2.23. The molecule has 0 fully saturated rings. The molecule has 222 valence electrons. The van der Waals surface area contributed by atoms with E-state index in [0.717, 1.165) is 33.8 Å². The monoisotopic (exact) mass is 597 g/mol. The van der Waals surface area contributed by atoms with Crippen LogP contribution in [-0.2, 0) is 19.6 Å². The fourth-order valence-corrected chi connectivity index (χ4v) is 3.67. The molecule has 0 aliphatic heterocycles. The number of pyridine rings is 1.